The van der Waals surface area contributed by atoms with Gasteiger partial charge in [0.15, 0.2) is 0 Å². The van der Waals surface area contributed by atoms with Crippen molar-refractivity contribution in [1.29, 1.82) is 0 Å². The Bertz CT molecular complexity index is 839. The van der Waals surface area contributed by atoms with Crippen LogP contribution in [0.3, 0.4) is 0 Å². The molecule has 1 unspecified atom stereocenters. The van der Waals surface area contributed by atoms with Crippen LogP contribution in [0.25, 0.3) is 16.5 Å². The van der Waals surface area contributed by atoms with Gasteiger partial charge in [0.1, 0.15) is 0 Å². The SMILES string of the molecule is COCC(C)NC(=O)c1cnc2c(C3=CCC(C)(C)CC3)cccc2c1. The molecule has 1 atom stereocenters. The molecular weight excluding hydrogens is 324 g/mol. The van der Waals surface area contributed by atoms with E-state index in [-0.39, 0.29) is 11.9 Å². The van der Waals surface area contributed by atoms with E-state index in [9.17, 15) is 4.79 Å². The number of amides is 1. The summed E-state index contributed by atoms with van der Waals surface area (Å²) < 4.78 is 5.07. The van der Waals surface area contributed by atoms with Crippen LogP contribution in [0.4, 0.5) is 0 Å². The standard InChI is InChI=1S/C22H28N2O2/c1-15(14-26-4)24-21(25)18-12-17-6-5-7-19(20(17)23-13-18)16-8-10-22(2,3)11-9-16/h5-8,12-13,15H,9-11,14H2,1-4H3,(H,24,25). The first-order chi connectivity index (χ1) is 12.4. The van der Waals surface area contributed by atoms with E-state index in [0.717, 1.165) is 23.7 Å². The Kier molecular flexibility index (Phi) is 5.42. The van der Waals surface area contributed by atoms with Crippen LogP contribution in [0.5, 0.6) is 0 Å². The Morgan fingerprint density at radius 2 is 2.19 bits per heavy atom. The number of fused-ring (bicyclic) bond motifs is 1. The molecule has 1 aromatic heterocycles. The van der Waals surface area contributed by atoms with Crippen LogP contribution >= 0.6 is 0 Å². The van der Waals surface area contributed by atoms with Crippen molar-refractivity contribution in [3.63, 3.8) is 0 Å². The number of carbonyl (C=O) groups excluding carboxylic acids is 1. The minimum atomic E-state index is -0.118. The van der Waals surface area contributed by atoms with Crippen molar-refractivity contribution in [2.75, 3.05) is 13.7 Å². The number of allylic oxidation sites excluding steroid dienone is 2. The zero-order chi connectivity index (χ0) is 18.7. The van der Waals surface area contributed by atoms with E-state index in [1.54, 1.807) is 13.3 Å². The number of pyridine rings is 1. The lowest BCUT2D eigenvalue weighted by molar-refractivity contribution is 0.0905. The molecule has 1 aliphatic carbocycles. The fraction of sp³-hybridized carbons (Fsp3) is 0.455. The minimum absolute atomic E-state index is 0.0368. The zero-order valence-corrected chi connectivity index (χ0v) is 16.1. The van der Waals surface area contributed by atoms with Crippen LogP contribution < -0.4 is 5.32 Å². The number of methoxy groups -OCH3 is 1. The highest BCUT2D eigenvalue weighted by molar-refractivity contribution is 5.99. The molecule has 1 aromatic carbocycles. The molecule has 1 N–H and O–H groups in total. The fourth-order valence-corrected chi connectivity index (χ4v) is 3.46. The molecule has 4 nitrogen and oxygen atoms in total. The Hall–Kier alpha value is -2.20. The number of nitrogens with one attached hydrogen (secondary N) is 1. The maximum atomic E-state index is 12.4. The van der Waals surface area contributed by atoms with Gasteiger partial charge in [-0.3, -0.25) is 9.78 Å². The van der Waals surface area contributed by atoms with Crippen molar-refractivity contribution >= 4 is 22.4 Å². The van der Waals surface area contributed by atoms with E-state index in [1.807, 2.05) is 19.1 Å². The molecule has 0 aliphatic heterocycles. The van der Waals surface area contributed by atoms with Crippen LogP contribution in [-0.2, 0) is 4.74 Å². The number of aromatic nitrogens is 1. The highest BCUT2D eigenvalue weighted by Crippen LogP contribution is 2.39. The maximum Gasteiger partial charge on any atom is 0.253 e. The van der Waals surface area contributed by atoms with Crippen molar-refractivity contribution in [2.24, 2.45) is 5.41 Å². The first-order valence-electron chi connectivity index (χ1n) is 9.27. The summed E-state index contributed by atoms with van der Waals surface area (Å²) in [7, 11) is 1.63. The Balaban J connectivity index is 1.88. The number of hydrogen-bond donors (Lipinski definition) is 1. The highest BCUT2D eigenvalue weighted by atomic mass is 16.5. The number of carbonyl (C=O) groups is 1. The number of para-hydroxylation sites is 1. The summed E-state index contributed by atoms with van der Waals surface area (Å²) in [6, 6.07) is 8.10. The van der Waals surface area contributed by atoms with Crippen molar-refractivity contribution in [3.8, 4) is 0 Å². The molecule has 2 aromatic rings. The van der Waals surface area contributed by atoms with Gasteiger partial charge in [0.25, 0.3) is 5.91 Å². The Morgan fingerprint density at radius 1 is 1.38 bits per heavy atom. The van der Waals surface area contributed by atoms with E-state index in [1.165, 1.54) is 17.6 Å². The van der Waals surface area contributed by atoms with Crippen molar-refractivity contribution in [1.82, 2.24) is 10.3 Å². The Morgan fingerprint density at radius 3 is 2.88 bits per heavy atom. The third-order valence-corrected chi connectivity index (χ3v) is 5.09. The monoisotopic (exact) mass is 352 g/mol. The second-order valence-corrected chi connectivity index (χ2v) is 8.03. The van der Waals surface area contributed by atoms with Gasteiger partial charge in [-0.2, -0.15) is 0 Å². The predicted molar refractivity (Wildman–Crippen MR) is 106 cm³/mol. The van der Waals surface area contributed by atoms with E-state index in [4.69, 9.17) is 4.74 Å². The molecule has 0 saturated carbocycles. The van der Waals surface area contributed by atoms with Gasteiger partial charge < -0.3 is 10.1 Å². The van der Waals surface area contributed by atoms with Crippen LogP contribution in [-0.4, -0.2) is 30.6 Å². The summed E-state index contributed by atoms with van der Waals surface area (Å²) in [4.78, 5) is 17.0. The highest BCUT2D eigenvalue weighted by Gasteiger charge is 2.23. The Labute approximate surface area is 155 Å². The average Bonchev–Trinajstić information content (AvgIpc) is 2.61. The molecule has 1 heterocycles. The quantitative estimate of drug-likeness (QED) is 0.856. The molecule has 4 heteroatoms. The lowest BCUT2D eigenvalue weighted by Crippen LogP contribution is -2.35. The van der Waals surface area contributed by atoms with Crippen LogP contribution in [0.15, 0.2) is 36.5 Å². The molecule has 0 saturated heterocycles. The number of hydrogen-bond acceptors (Lipinski definition) is 3. The summed E-state index contributed by atoms with van der Waals surface area (Å²) in [6.07, 6.45) is 7.38. The molecule has 0 radical (unpaired) electrons. The van der Waals surface area contributed by atoms with Gasteiger partial charge in [-0.25, -0.2) is 0 Å². The fourth-order valence-electron chi connectivity index (χ4n) is 3.46. The summed E-state index contributed by atoms with van der Waals surface area (Å²) >= 11 is 0. The molecule has 0 spiro atoms. The van der Waals surface area contributed by atoms with Crippen molar-refractivity contribution < 1.29 is 9.53 Å². The third-order valence-electron chi connectivity index (χ3n) is 5.09. The first kappa shape index (κ1) is 18.6. The number of ether oxygens (including phenoxy) is 1. The minimum Gasteiger partial charge on any atom is -0.383 e. The molecule has 0 bridgehead atoms. The summed E-state index contributed by atoms with van der Waals surface area (Å²) in [5.41, 5.74) is 4.49. The van der Waals surface area contributed by atoms with Crippen LogP contribution in [0.2, 0.25) is 0 Å². The smallest absolute Gasteiger partial charge is 0.253 e. The molecule has 1 aliphatic rings. The maximum absolute atomic E-state index is 12.4. The lowest BCUT2D eigenvalue weighted by atomic mass is 9.77. The molecule has 138 valence electrons. The normalized spacial score (nSPS) is 17.6. The van der Waals surface area contributed by atoms with Gasteiger partial charge in [0.2, 0.25) is 0 Å². The zero-order valence-electron chi connectivity index (χ0n) is 16.1. The van der Waals surface area contributed by atoms with Crippen molar-refractivity contribution in [3.05, 3.63) is 47.7 Å². The molecular formula is C22H28N2O2. The number of nitrogens with zero attached hydrogens (tertiary/aromatic N) is 1. The number of rotatable bonds is 5. The number of benzene rings is 1. The van der Waals surface area contributed by atoms with Gasteiger partial charge in [0, 0.05) is 30.3 Å². The third kappa shape index (κ3) is 4.13. The van der Waals surface area contributed by atoms with Crippen LogP contribution in [0.1, 0.15) is 56.0 Å². The molecule has 26 heavy (non-hydrogen) atoms. The second kappa shape index (κ2) is 7.58. The van der Waals surface area contributed by atoms with E-state index >= 15 is 0 Å². The van der Waals surface area contributed by atoms with Crippen LogP contribution in [0, 0.1) is 5.41 Å². The van der Waals surface area contributed by atoms with E-state index in [2.05, 4.69) is 42.4 Å². The van der Waals surface area contributed by atoms with Gasteiger partial charge in [-0.15, -0.1) is 0 Å². The van der Waals surface area contributed by atoms with Gasteiger partial charge in [-0.1, -0.05) is 38.1 Å². The van der Waals surface area contributed by atoms with E-state index < -0.39 is 0 Å². The molecule has 1 amide bonds. The summed E-state index contributed by atoms with van der Waals surface area (Å²) in [6.45, 7) is 7.04. The van der Waals surface area contributed by atoms with E-state index in [0.29, 0.717) is 17.6 Å². The largest absolute Gasteiger partial charge is 0.383 e. The van der Waals surface area contributed by atoms with Gasteiger partial charge in [-0.05, 0) is 43.2 Å². The van der Waals surface area contributed by atoms with Gasteiger partial charge in [0.05, 0.1) is 17.7 Å². The average molecular weight is 352 g/mol. The van der Waals surface area contributed by atoms with Crippen molar-refractivity contribution in [2.45, 2.75) is 46.1 Å². The predicted octanol–water partition coefficient (Wildman–Crippen LogP) is 4.59. The molecule has 0 fully saturated rings. The lowest BCUT2D eigenvalue weighted by Gasteiger charge is -2.29. The first-order valence-corrected chi connectivity index (χ1v) is 9.27. The summed E-state index contributed by atoms with van der Waals surface area (Å²) in [5.74, 6) is -0.118. The topological polar surface area (TPSA) is 51.2 Å². The second-order valence-electron chi connectivity index (χ2n) is 8.03. The summed E-state index contributed by atoms with van der Waals surface area (Å²) in [5, 5.41) is 3.93. The van der Waals surface area contributed by atoms with Gasteiger partial charge >= 0.3 is 0 Å². The molecule has 3 rings (SSSR count).